The minimum absolute atomic E-state index is 0.0860. The van der Waals surface area contributed by atoms with Crippen LogP contribution in [0.25, 0.3) is 16.9 Å². The quantitative estimate of drug-likeness (QED) is 0.516. The van der Waals surface area contributed by atoms with E-state index >= 15 is 0 Å². The predicted octanol–water partition coefficient (Wildman–Crippen LogP) is 3.78. The van der Waals surface area contributed by atoms with E-state index in [-0.39, 0.29) is 5.91 Å². The number of nitrogens with zero attached hydrogens (tertiary/aromatic N) is 5. The van der Waals surface area contributed by atoms with Crippen LogP contribution in [0.15, 0.2) is 85.3 Å². The van der Waals surface area contributed by atoms with Crippen LogP contribution in [0, 0.1) is 17.2 Å². The summed E-state index contributed by atoms with van der Waals surface area (Å²) in [6.45, 7) is 1.59. The van der Waals surface area contributed by atoms with Gasteiger partial charge in [-0.1, -0.05) is 36.4 Å². The number of aromatic nitrogens is 3. The van der Waals surface area contributed by atoms with Gasteiger partial charge in [-0.2, -0.15) is 10.4 Å². The smallest absolute Gasteiger partial charge is 0.237 e. The monoisotopic (exact) mass is 446 g/mol. The Labute approximate surface area is 197 Å². The summed E-state index contributed by atoms with van der Waals surface area (Å²) in [5.41, 5.74) is 4.74. The van der Waals surface area contributed by atoms with Gasteiger partial charge in [0.25, 0.3) is 0 Å². The summed E-state index contributed by atoms with van der Waals surface area (Å²) < 4.78 is 1.89. The zero-order valence-corrected chi connectivity index (χ0v) is 18.4. The fourth-order valence-electron chi connectivity index (χ4n) is 5.29. The molecule has 2 aromatic heterocycles. The Bertz CT molecular complexity index is 1410. The van der Waals surface area contributed by atoms with Crippen molar-refractivity contribution in [3.63, 3.8) is 0 Å². The number of benzene rings is 2. The van der Waals surface area contributed by atoms with Gasteiger partial charge in [0.15, 0.2) is 0 Å². The van der Waals surface area contributed by atoms with Gasteiger partial charge < -0.3 is 5.32 Å². The minimum Gasteiger partial charge on any atom is -0.325 e. The summed E-state index contributed by atoms with van der Waals surface area (Å²) in [5.74, 6) is -0.512. The van der Waals surface area contributed by atoms with Crippen LogP contribution >= 0.6 is 0 Å². The molecule has 1 N–H and O–H groups in total. The van der Waals surface area contributed by atoms with Crippen LogP contribution in [-0.4, -0.2) is 38.7 Å². The lowest BCUT2D eigenvalue weighted by Crippen LogP contribution is -2.41. The first-order valence-electron chi connectivity index (χ1n) is 11.3. The molecular weight excluding hydrogens is 424 g/mol. The molecule has 4 heterocycles. The molecule has 0 saturated carbocycles. The van der Waals surface area contributed by atoms with Gasteiger partial charge in [0.1, 0.15) is 5.41 Å². The van der Waals surface area contributed by atoms with Crippen molar-refractivity contribution in [3.05, 3.63) is 96.4 Å². The van der Waals surface area contributed by atoms with Gasteiger partial charge in [-0.3, -0.25) is 14.7 Å². The number of carbonyl (C=O) groups is 1. The van der Waals surface area contributed by atoms with Crippen molar-refractivity contribution in [1.29, 1.82) is 5.26 Å². The van der Waals surface area contributed by atoms with E-state index in [0.717, 1.165) is 33.8 Å². The molecule has 2 atom stereocenters. The Kier molecular flexibility index (Phi) is 4.75. The first-order chi connectivity index (χ1) is 16.7. The molecular formula is C27H22N6O. The van der Waals surface area contributed by atoms with E-state index in [1.807, 2.05) is 77.6 Å². The van der Waals surface area contributed by atoms with Crippen molar-refractivity contribution in [2.24, 2.45) is 5.92 Å². The molecule has 2 aliphatic rings. The SMILES string of the molecule is N#CC1CN(Cc2cn(-c3ccccc3)nc2-c2ccncc2)CC12C(=O)Nc1ccccc12. The molecule has 1 fully saturated rings. The number of fused-ring (bicyclic) bond motifs is 2. The number of hydrogen-bond acceptors (Lipinski definition) is 5. The number of nitriles is 1. The molecule has 0 aliphatic carbocycles. The summed E-state index contributed by atoms with van der Waals surface area (Å²) in [7, 11) is 0. The van der Waals surface area contributed by atoms with Crippen LogP contribution in [0.5, 0.6) is 0 Å². The van der Waals surface area contributed by atoms with Crippen molar-refractivity contribution in [2.75, 3.05) is 18.4 Å². The van der Waals surface area contributed by atoms with Crippen molar-refractivity contribution in [3.8, 4) is 23.0 Å². The van der Waals surface area contributed by atoms with Gasteiger partial charge in [0.05, 0.1) is 23.4 Å². The number of anilines is 1. The second-order valence-corrected chi connectivity index (χ2v) is 8.84. The summed E-state index contributed by atoms with van der Waals surface area (Å²) >= 11 is 0. The third-order valence-electron chi connectivity index (χ3n) is 6.88. The molecule has 6 rings (SSSR count). The van der Waals surface area contributed by atoms with Gasteiger partial charge in [-0.05, 0) is 35.9 Å². The van der Waals surface area contributed by atoms with E-state index in [9.17, 15) is 10.1 Å². The number of likely N-dealkylation sites (tertiary alicyclic amines) is 1. The second kappa shape index (κ2) is 7.94. The van der Waals surface area contributed by atoms with Crippen molar-refractivity contribution in [1.82, 2.24) is 19.7 Å². The number of nitrogens with one attached hydrogen (secondary N) is 1. The van der Waals surface area contributed by atoms with Gasteiger partial charge in [-0.25, -0.2) is 4.68 Å². The first kappa shape index (κ1) is 20.3. The summed E-state index contributed by atoms with van der Waals surface area (Å²) in [6.07, 6.45) is 5.56. The third-order valence-corrected chi connectivity index (χ3v) is 6.88. The minimum atomic E-state index is -0.850. The van der Waals surface area contributed by atoms with Crippen molar-refractivity contribution < 1.29 is 4.79 Å². The Morgan fingerprint density at radius 3 is 2.62 bits per heavy atom. The highest BCUT2D eigenvalue weighted by molar-refractivity contribution is 6.07. The topological polar surface area (TPSA) is 86.8 Å². The lowest BCUT2D eigenvalue weighted by Gasteiger charge is -2.24. The van der Waals surface area contributed by atoms with E-state index in [0.29, 0.717) is 19.6 Å². The van der Waals surface area contributed by atoms with E-state index in [1.165, 1.54) is 0 Å². The molecule has 7 nitrogen and oxygen atoms in total. The Balaban J connectivity index is 1.38. The van der Waals surface area contributed by atoms with Gasteiger partial charge in [-0.15, -0.1) is 0 Å². The number of amides is 1. The van der Waals surface area contributed by atoms with Crippen molar-refractivity contribution >= 4 is 11.6 Å². The number of carbonyl (C=O) groups excluding carboxylic acids is 1. The number of pyridine rings is 1. The maximum atomic E-state index is 13.2. The van der Waals surface area contributed by atoms with Crippen LogP contribution in [0.2, 0.25) is 0 Å². The Morgan fingerprint density at radius 1 is 1.06 bits per heavy atom. The highest BCUT2D eigenvalue weighted by Crippen LogP contribution is 2.47. The molecule has 1 spiro atoms. The number of para-hydroxylation sites is 2. The molecule has 1 amide bonds. The number of rotatable bonds is 4. The fourth-order valence-corrected chi connectivity index (χ4v) is 5.29. The van der Waals surface area contributed by atoms with Crippen LogP contribution in [-0.2, 0) is 16.8 Å². The molecule has 7 heteroatoms. The maximum absolute atomic E-state index is 13.2. The average Bonchev–Trinajstić information content (AvgIpc) is 3.55. The van der Waals surface area contributed by atoms with Gasteiger partial charge in [0.2, 0.25) is 5.91 Å². The van der Waals surface area contributed by atoms with E-state index in [4.69, 9.17) is 5.10 Å². The molecule has 0 bridgehead atoms. The number of hydrogen-bond donors (Lipinski definition) is 1. The van der Waals surface area contributed by atoms with Gasteiger partial charge >= 0.3 is 0 Å². The fraction of sp³-hybridized carbons (Fsp3) is 0.185. The molecule has 34 heavy (non-hydrogen) atoms. The van der Waals surface area contributed by atoms with Crippen LogP contribution in [0.1, 0.15) is 11.1 Å². The summed E-state index contributed by atoms with van der Waals surface area (Å²) in [5, 5.41) is 17.9. The standard InChI is InChI=1S/C27H22N6O/c28-14-21-17-32(18-27(21)23-8-4-5-9-24(23)30-26(27)34)15-20-16-33(22-6-2-1-3-7-22)31-25(20)19-10-12-29-13-11-19/h1-13,16,21H,15,17-18H2,(H,30,34). The largest absolute Gasteiger partial charge is 0.325 e. The van der Waals surface area contributed by atoms with Crippen LogP contribution < -0.4 is 5.32 Å². The molecule has 2 aromatic carbocycles. The molecule has 0 radical (unpaired) electrons. The molecule has 2 unspecified atom stereocenters. The highest BCUT2D eigenvalue weighted by Gasteiger charge is 2.57. The predicted molar refractivity (Wildman–Crippen MR) is 128 cm³/mol. The van der Waals surface area contributed by atoms with Crippen LogP contribution in [0.4, 0.5) is 5.69 Å². The second-order valence-electron chi connectivity index (χ2n) is 8.84. The maximum Gasteiger partial charge on any atom is 0.237 e. The summed E-state index contributed by atoms with van der Waals surface area (Å²) in [6, 6.07) is 24.0. The third kappa shape index (κ3) is 3.11. The van der Waals surface area contributed by atoms with E-state index < -0.39 is 11.3 Å². The summed E-state index contributed by atoms with van der Waals surface area (Å²) in [4.78, 5) is 19.5. The molecule has 1 saturated heterocycles. The molecule has 2 aliphatic heterocycles. The average molecular weight is 447 g/mol. The van der Waals surface area contributed by atoms with E-state index in [2.05, 4.69) is 21.3 Å². The first-order valence-corrected chi connectivity index (χ1v) is 11.3. The molecule has 166 valence electrons. The molecule has 4 aromatic rings. The Morgan fingerprint density at radius 2 is 1.82 bits per heavy atom. The van der Waals surface area contributed by atoms with E-state index in [1.54, 1.807) is 12.4 Å². The van der Waals surface area contributed by atoms with Crippen LogP contribution in [0.3, 0.4) is 0 Å². The van der Waals surface area contributed by atoms with Crippen molar-refractivity contribution in [2.45, 2.75) is 12.0 Å². The van der Waals surface area contributed by atoms with Gasteiger partial charge in [0, 0.05) is 55.0 Å². The lowest BCUT2D eigenvalue weighted by atomic mass is 9.74. The lowest BCUT2D eigenvalue weighted by molar-refractivity contribution is -0.121. The normalized spacial score (nSPS) is 21.4. The zero-order chi connectivity index (χ0) is 23.1. The zero-order valence-electron chi connectivity index (χ0n) is 18.4. The Hall–Kier alpha value is -4.28. The highest BCUT2D eigenvalue weighted by atomic mass is 16.2.